The molecule has 0 aromatic carbocycles. The van der Waals surface area contributed by atoms with Crippen LogP contribution in [-0.4, -0.2) is 28.8 Å². The van der Waals surface area contributed by atoms with E-state index >= 15 is 0 Å². The third-order valence-electron chi connectivity index (χ3n) is 5.72. The van der Waals surface area contributed by atoms with E-state index in [9.17, 15) is 14.4 Å². The van der Waals surface area contributed by atoms with Crippen LogP contribution in [0, 0.1) is 10.8 Å². The summed E-state index contributed by atoms with van der Waals surface area (Å²) in [6.07, 6.45) is 6.95. The van der Waals surface area contributed by atoms with E-state index in [0.717, 1.165) is 38.5 Å². The monoisotopic (exact) mass is 292 g/mol. The molecule has 5 heteroatoms. The highest BCUT2D eigenvalue weighted by Gasteiger charge is 2.57. The van der Waals surface area contributed by atoms with Crippen molar-refractivity contribution in [3.05, 3.63) is 0 Å². The van der Waals surface area contributed by atoms with Gasteiger partial charge in [0.2, 0.25) is 11.8 Å². The van der Waals surface area contributed by atoms with Crippen molar-refractivity contribution in [2.45, 2.75) is 71.3 Å². The Balaban J connectivity index is 1.95. The maximum Gasteiger partial charge on any atom is 0.331 e. The lowest BCUT2D eigenvalue weighted by atomic mass is 9.71. The second-order valence-corrected chi connectivity index (χ2v) is 7.47. The van der Waals surface area contributed by atoms with E-state index in [1.165, 1.54) is 4.90 Å². The fourth-order valence-corrected chi connectivity index (χ4v) is 4.35. The number of imide groups is 2. The van der Waals surface area contributed by atoms with Crippen molar-refractivity contribution in [2.75, 3.05) is 0 Å². The van der Waals surface area contributed by atoms with Crippen LogP contribution in [0.1, 0.15) is 65.2 Å². The molecule has 1 saturated heterocycles. The summed E-state index contributed by atoms with van der Waals surface area (Å²) in [6, 6.07) is -0.605. The molecule has 3 aliphatic rings. The first-order chi connectivity index (χ1) is 9.88. The number of hydrogen-bond acceptors (Lipinski definition) is 3. The molecule has 0 aromatic rings. The predicted molar refractivity (Wildman–Crippen MR) is 77.3 cm³/mol. The third kappa shape index (κ3) is 2.09. The molecule has 4 amide bonds. The Morgan fingerprint density at radius 3 is 2.24 bits per heavy atom. The van der Waals surface area contributed by atoms with Crippen LogP contribution in [0.15, 0.2) is 0 Å². The summed E-state index contributed by atoms with van der Waals surface area (Å²) in [5, 5.41) is 2.45. The van der Waals surface area contributed by atoms with Crippen molar-refractivity contribution < 1.29 is 14.4 Å². The van der Waals surface area contributed by atoms with Gasteiger partial charge in [0.1, 0.15) is 5.41 Å². The zero-order valence-electron chi connectivity index (χ0n) is 12.9. The number of amides is 4. The molecule has 0 aromatic heterocycles. The summed E-state index contributed by atoms with van der Waals surface area (Å²) in [5.74, 6) is -0.617. The Morgan fingerprint density at radius 2 is 1.62 bits per heavy atom. The number of hydrogen-bond donors (Lipinski definition) is 1. The molecule has 1 aliphatic heterocycles. The molecule has 1 spiro atoms. The lowest BCUT2D eigenvalue weighted by Gasteiger charge is -2.48. The molecule has 1 heterocycles. The van der Waals surface area contributed by atoms with E-state index in [-0.39, 0.29) is 23.3 Å². The second kappa shape index (κ2) is 4.82. The van der Waals surface area contributed by atoms with E-state index in [4.69, 9.17) is 0 Å². The van der Waals surface area contributed by atoms with Gasteiger partial charge in [0.05, 0.1) is 0 Å². The summed E-state index contributed by atoms with van der Waals surface area (Å²) in [6.45, 7) is 4.24. The average Bonchev–Trinajstić information content (AvgIpc) is 2.89. The van der Waals surface area contributed by atoms with Crippen molar-refractivity contribution in [1.82, 2.24) is 10.2 Å². The molecule has 1 atom stereocenters. The molecular formula is C16H24N2O3. The first-order valence-electron chi connectivity index (χ1n) is 8.08. The van der Waals surface area contributed by atoms with Crippen molar-refractivity contribution in [3.8, 4) is 0 Å². The van der Waals surface area contributed by atoms with Gasteiger partial charge >= 0.3 is 6.03 Å². The quantitative estimate of drug-likeness (QED) is 0.755. The maximum absolute atomic E-state index is 13.0. The fraction of sp³-hybridized carbons (Fsp3) is 0.812. The maximum atomic E-state index is 13.0. The van der Waals surface area contributed by atoms with Gasteiger partial charge < -0.3 is 0 Å². The number of rotatable bonds is 1. The van der Waals surface area contributed by atoms with Crippen LogP contribution in [0.2, 0.25) is 0 Å². The van der Waals surface area contributed by atoms with Gasteiger partial charge in [0.15, 0.2) is 0 Å². The highest BCUT2D eigenvalue weighted by atomic mass is 16.2. The molecule has 1 N–H and O–H groups in total. The summed E-state index contributed by atoms with van der Waals surface area (Å²) < 4.78 is 0. The Morgan fingerprint density at radius 1 is 1.00 bits per heavy atom. The number of nitrogens with one attached hydrogen (secondary N) is 1. The van der Waals surface area contributed by atoms with E-state index in [1.807, 2.05) is 0 Å². The van der Waals surface area contributed by atoms with Crippen molar-refractivity contribution in [2.24, 2.45) is 10.8 Å². The molecule has 116 valence electrons. The lowest BCUT2D eigenvalue weighted by molar-refractivity contribution is -0.155. The number of nitrogens with zero attached hydrogens (tertiary/aromatic N) is 1. The van der Waals surface area contributed by atoms with Crippen molar-refractivity contribution in [3.63, 3.8) is 0 Å². The van der Waals surface area contributed by atoms with E-state index in [0.29, 0.717) is 12.8 Å². The van der Waals surface area contributed by atoms with Crippen molar-refractivity contribution in [1.29, 1.82) is 0 Å². The van der Waals surface area contributed by atoms with Crippen molar-refractivity contribution >= 4 is 17.8 Å². The van der Waals surface area contributed by atoms with Crippen LogP contribution < -0.4 is 5.32 Å². The second-order valence-electron chi connectivity index (χ2n) is 7.47. The molecule has 3 rings (SSSR count). The molecule has 21 heavy (non-hydrogen) atoms. The normalized spacial score (nSPS) is 31.6. The first-order valence-corrected chi connectivity index (χ1v) is 8.08. The molecule has 0 radical (unpaired) electrons. The number of carbonyl (C=O) groups excluding carboxylic acids is 3. The van der Waals surface area contributed by atoms with Gasteiger partial charge in [-0.15, -0.1) is 0 Å². The number of barbiturate groups is 1. The van der Waals surface area contributed by atoms with Gasteiger partial charge in [-0.1, -0.05) is 39.5 Å². The largest absolute Gasteiger partial charge is 0.331 e. The smallest absolute Gasteiger partial charge is 0.277 e. The zero-order valence-corrected chi connectivity index (χ0v) is 12.9. The standard InChI is InChI=1S/C16H24N2O3/c1-15(2)8-4-3-7-11(15)18-13(20)16(9-5-6-10-16)12(19)17-14(18)21/h11H,3-10H2,1-2H3,(H,17,19,21). The Bertz CT molecular complexity index is 492. The van der Waals surface area contributed by atoms with Crippen LogP contribution in [0.3, 0.4) is 0 Å². The van der Waals surface area contributed by atoms with E-state index in [1.54, 1.807) is 0 Å². The predicted octanol–water partition coefficient (Wildman–Crippen LogP) is 2.59. The minimum Gasteiger partial charge on any atom is -0.277 e. The summed E-state index contributed by atoms with van der Waals surface area (Å²) in [5.41, 5.74) is -1.05. The molecule has 2 saturated carbocycles. The van der Waals surface area contributed by atoms with Gasteiger partial charge in [0, 0.05) is 6.04 Å². The highest BCUT2D eigenvalue weighted by molar-refractivity contribution is 6.19. The zero-order chi connectivity index (χ0) is 15.3. The lowest BCUT2D eigenvalue weighted by Crippen LogP contribution is -2.67. The highest BCUT2D eigenvalue weighted by Crippen LogP contribution is 2.46. The van der Waals surface area contributed by atoms with Gasteiger partial charge in [-0.05, 0) is 31.1 Å². The Labute approximate surface area is 125 Å². The fourth-order valence-electron chi connectivity index (χ4n) is 4.35. The average molecular weight is 292 g/mol. The van der Waals surface area contributed by atoms with Crippen LogP contribution in [0.25, 0.3) is 0 Å². The molecule has 2 aliphatic carbocycles. The number of carbonyl (C=O) groups is 3. The summed E-state index contributed by atoms with van der Waals surface area (Å²) >= 11 is 0. The molecule has 0 bridgehead atoms. The van der Waals surface area contributed by atoms with Crippen LogP contribution in [0.5, 0.6) is 0 Å². The minimum atomic E-state index is -0.971. The van der Waals surface area contributed by atoms with Gasteiger partial charge in [-0.3, -0.25) is 19.8 Å². The van der Waals surface area contributed by atoms with Gasteiger partial charge in [-0.2, -0.15) is 0 Å². The van der Waals surface area contributed by atoms with Gasteiger partial charge in [-0.25, -0.2) is 4.79 Å². The number of urea groups is 1. The van der Waals surface area contributed by atoms with E-state index in [2.05, 4.69) is 19.2 Å². The Hall–Kier alpha value is -1.39. The molecule has 5 nitrogen and oxygen atoms in total. The van der Waals surface area contributed by atoms with Crippen LogP contribution in [0.4, 0.5) is 4.79 Å². The topological polar surface area (TPSA) is 66.5 Å². The third-order valence-corrected chi connectivity index (χ3v) is 5.72. The first kappa shape index (κ1) is 14.5. The minimum absolute atomic E-state index is 0.0779. The van der Waals surface area contributed by atoms with Crippen LogP contribution in [-0.2, 0) is 9.59 Å². The van der Waals surface area contributed by atoms with Gasteiger partial charge in [0.25, 0.3) is 0 Å². The molecule has 1 unspecified atom stereocenters. The molecule has 3 fully saturated rings. The summed E-state index contributed by atoms with van der Waals surface area (Å²) in [7, 11) is 0. The Kier molecular flexibility index (Phi) is 3.34. The molecular weight excluding hydrogens is 268 g/mol. The SMILES string of the molecule is CC1(C)CCCCC1N1C(=O)NC(=O)C2(CCCC2)C1=O. The summed E-state index contributed by atoms with van der Waals surface area (Å²) in [4.78, 5) is 39.0. The van der Waals surface area contributed by atoms with E-state index < -0.39 is 11.4 Å². The van der Waals surface area contributed by atoms with Crippen LogP contribution >= 0.6 is 0 Å².